The van der Waals surface area contributed by atoms with Crippen LogP contribution in [0, 0.1) is 17.7 Å². The Morgan fingerprint density at radius 1 is 1.31 bits per heavy atom. The van der Waals surface area contributed by atoms with Crippen molar-refractivity contribution in [1.82, 2.24) is 15.5 Å². The number of nitrogens with zero attached hydrogens (tertiary/aromatic N) is 2. The molecule has 1 heterocycles. The maximum Gasteiger partial charge on any atom is 0.248 e. The van der Waals surface area contributed by atoms with Gasteiger partial charge in [-0.25, -0.2) is 14.9 Å². The fourth-order valence-corrected chi connectivity index (χ4v) is 4.19. The van der Waals surface area contributed by atoms with Crippen molar-refractivity contribution in [3.8, 4) is 0 Å². The number of rotatable bonds is 8. The smallest absolute Gasteiger partial charge is 0.248 e. The summed E-state index contributed by atoms with van der Waals surface area (Å²) >= 11 is 0. The van der Waals surface area contributed by atoms with Crippen LogP contribution in [0.5, 0.6) is 0 Å². The first-order chi connectivity index (χ1) is 14.0. The minimum Gasteiger partial charge on any atom is -0.322 e. The lowest BCUT2D eigenvalue weighted by Gasteiger charge is -2.30. The quantitative estimate of drug-likeness (QED) is 0.348. The van der Waals surface area contributed by atoms with E-state index in [1.54, 1.807) is 6.07 Å². The van der Waals surface area contributed by atoms with Gasteiger partial charge in [0.1, 0.15) is 11.9 Å². The van der Waals surface area contributed by atoms with Crippen LogP contribution in [0.25, 0.3) is 0 Å². The first-order valence-electron chi connectivity index (χ1n) is 10.0. The molecule has 0 aromatic heterocycles. The van der Waals surface area contributed by atoms with Crippen LogP contribution >= 0.6 is 0 Å². The second-order valence-electron chi connectivity index (χ2n) is 7.70. The molecule has 158 valence electrons. The van der Waals surface area contributed by atoms with Gasteiger partial charge in [0, 0.05) is 6.54 Å². The van der Waals surface area contributed by atoms with Crippen molar-refractivity contribution >= 4 is 23.9 Å². The molecule has 1 saturated heterocycles. The predicted octanol–water partition coefficient (Wildman–Crippen LogP) is 1.91. The van der Waals surface area contributed by atoms with Crippen molar-refractivity contribution in [2.45, 2.75) is 44.6 Å². The maximum atomic E-state index is 13.9. The zero-order valence-corrected chi connectivity index (χ0v) is 16.2. The summed E-state index contributed by atoms with van der Waals surface area (Å²) in [6, 6.07) is 5.05. The number of amides is 3. The summed E-state index contributed by atoms with van der Waals surface area (Å²) in [6.07, 6.45) is 5.45. The predicted molar refractivity (Wildman–Crippen MR) is 103 cm³/mol. The minimum absolute atomic E-state index is 0.0572. The van der Waals surface area contributed by atoms with Crippen molar-refractivity contribution in [2.24, 2.45) is 11.8 Å². The highest BCUT2D eigenvalue weighted by molar-refractivity contribution is 5.97. The highest BCUT2D eigenvalue weighted by atomic mass is 19.1. The Balaban J connectivity index is 1.70. The van der Waals surface area contributed by atoms with E-state index in [1.807, 2.05) is 0 Å². The van der Waals surface area contributed by atoms with Crippen LogP contribution in [0.15, 0.2) is 24.3 Å². The number of anilines is 1. The Kier molecular flexibility index (Phi) is 7.16. The highest BCUT2D eigenvalue weighted by Crippen LogP contribution is 2.31. The van der Waals surface area contributed by atoms with Crippen LogP contribution in [0.1, 0.15) is 38.5 Å². The van der Waals surface area contributed by atoms with Gasteiger partial charge in [0.05, 0.1) is 18.2 Å². The molecule has 3 amide bonds. The van der Waals surface area contributed by atoms with Crippen LogP contribution in [0.2, 0.25) is 0 Å². The van der Waals surface area contributed by atoms with E-state index in [-0.39, 0.29) is 24.5 Å². The maximum absolute atomic E-state index is 13.9. The largest absolute Gasteiger partial charge is 0.322 e. The second-order valence-corrected chi connectivity index (χ2v) is 7.70. The van der Waals surface area contributed by atoms with E-state index in [0.717, 1.165) is 25.7 Å². The van der Waals surface area contributed by atoms with Crippen molar-refractivity contribution in [3.63, 3.8) is 0 Å². The minimum atomic E-state index is -0.795. The van der Waals surface area contributed by atoms with E-state index in [1.165, 1.54) is 23.2 Å². The lowest BCUT2D eigenvalue weighted by Crippen LogP contribution is -2.51. The third-order valence-corrected chi connectivity index (χ3v) is 5.65. The first kappa shape index (κ1) is 21.2. The number of benzene rings is 1. The Morgan fingerprint density at radius 2 is 2.03 bits per heavy atom. The number of hydrazine groups is 1. The fourth-order valence-electron chi connectivity index (χ4n) is 4.19. The molecule has 1 aliphatic heterocycles. The average molecular weight is 406 g/mol. The lowest BCUT2D eigenvalue weighted by atomic mass is 9.92. The SMILES string of the molecule is O=CN(O)CC(CC1CCCC1)C(=O)N1NCC[C@H]1C(=O)Nc1ccccc1F. The summed E-state index contributed by atoms with van der Waals surface area (Å²) in [5, 5.41) is 13.9. The molecule has 1 saturated carbocycles. The Morgan fingerprint density at radius 3 is 2.72 bits per heavy atom. The van der Waals surface area contributed by atoms with Gasteiger partial charge in [-0.1, -0.05) is 37.8 Å². The summed E-state index contributed by atoms with van der Waals surface area (Å²) in [4.78, 5) is 36.7. The normalized spacial score (nSPS) is 20.5. The number of carbonyl (C=O) groups excluding carboxylic acids is 3. The molecule has 0 spiro atoms. The van der Waals surface area contributed by atoms with Crippen molar-refractivity contribution in [1.29, 1.82) is 0 Å². The van der Waals surface area contributed by atoms with Gasteiger partial charge in [-0.2, -0.15) is 0 Å². The van der Waals surface area contributed by atoms with Gasteiger partial charge in [0.15, 0.2) is 0 Å². The van der Waals surface area contributed by atoms with Crippen LogP contribution in [-0.4, -0.2) is 52.6 Å². The number of carbonyl (C=O) groups is 3. The molecule has 0 radical (unpaired) electrons. The van der Waals surface area contributed by atoms with Crippen LogP contribution in [0.4, 0.5) is 10.1 Å². The number of halogens is 1. The number of nitrogens with one attached hydrogen (secondary N) is 2. The molecule has 2 fully saturated rings. The molecule has 1 unspecified atom stereocenters. The van der Waals surface area contributed by atoms with E-state index in [2.05, 4.69) is 10.7 Å². The highest BCUT2D eigenvalue weighted by Gasteiger charge is 2.39. The number of para-hydroxylation sites is 1. The van der Waals surface area contributed by atoms with Gasteiger partial charge in [0.2, 0.25) is 18.2 Å². The van der Waals surface area contributed by atoms with E-state index in [0.29, 0.717) is 30.4 Å². The molecule has 3 rings (SSSR count). The van der Waals surface area contributed by atoms with E-state index >= 15 is 0 Å². The standard InChI is InChI=1S/C20H27FN4O4/c21-16-7-3-4-8-17(16)23-19(27)18-9-10-22-25(18)20(28)15(12-24(29)13-26)11-14-5-1-2-6-14/h3-4,7-8,13-15,18,22,29H,1-2,5-6,9-12H2,(H,23,27)/t15?,18-/m0/s1. The molecule has 29 heavy (non-hydrogen) atoms. The third-order valence-electron chi connectivity index (χ3n) is 5.65. The van der Waals surface area contributed by atoms with Crippen molar-refractivity contribution < 1.29 is 24.0 Å². The molecular weight excluding hydrogens is 379 g/mol. The topological polar surface area (TPSA) is 102 Å². The molecule has 8 nitrogen and oxygen atoms in total. The lowest BCUT2D eigenvalue weighted by molar-refractivity contribution is -0.159. The molecule has 1 aromatic carbocycles. The van der Waals surface area contributed by atoms with E-state index < -0.39 is 23.7 Å². The summed E-state index contributed by atoms with van der Waals surface area (Å²) in [6.45, 7) is 0.298. The van der Waals surface area contributed by atoms with Crippen LogP contribution < -0.4 is 10.7 Å². The van der Waals surface area contributed by atoms with E-state index in [4.69, 9.17) is 0 Å². The van der Waals surface area contributed by atoms with Gasteiger partial charge in [-0.05, 0) is 30.9 Å². The van der Waals surface area contributed by atoms with Gasteiger partial charge in [-0.3, -0.25) is 24.6 Å². The Bertz CT molecular complexity index is 741. The van der Waals surface area contributed by atoms with E-state index in [9.17, 15) is 24.0 Å². The zero-order chi connectivity index (χ0) is 20.8. The molecule has 0 bridgehead atoms. The summed E-state index contributed by atoms with van der Waals surface area (Å²) < 4.78 is 13.9. The Labute approximate surface area is 169 Å². The first-order valence-corrected chi connectivity index (χ1v) is 10.0. The molecule has 9 heteroatoms. The summed E-state index contributed by atoms with van der Waals surface area (Å²) in [5.41, 5.74) is 2.98. The number of hydrogen-bond donors (Lipinski definition) is 3. The third kappa shape index (κ3) is 5.30. The number of hydrogen-bond acceptors (Lipinski definition) is 5. The van der Waals surface area contributed by atoms with Crippen LogP contribution in [-0.2, 0) is 14.4 Å². The van der Waals surface area contributed by atoms with Crippen molar-refractivity contribution in [2.75, 3.05) is 18.4 Å². The monoisotopic (exact) mass is 406 g/mol. The summed E-state index contributed by atoms with van der Waals surface area (Å²) in [5.74, 6) is -1.64. The van der Waals surface area contributed by atoms with Crippen LogP contribution in [0.3, 0.4) is 0 Å². The fraction of sp³-hybridized carbons (Fsp3) is 0.550. The molecule has 2 aliphatic rings. The molecule has 2 atom stereocenters. The molecule has 1 aliphatic carbocycles. The molecule has 3 N–H and O–H groups in total. The molecule has 1 aromatic rings. The van der Waals surface area contributed by atoms with Gasteiger partial charge in [0.25, 0.3) is 0 Å². The van der Waals surface area contributed by atoms with Gasteiger partial charge >= 0.3 is 0 Å². The number of hydroxylamine groups is 2. The average Bonchev–Trinajstić information content (AvgIpc) is 3.40. The summed E-state index contributed by atoms with van der Waals surface area (Å²) in [7, 11) is 0. The van der Waals surface area contributed by atoms with Gasteiger partial charge < -0.3 is 5.32 Å². The van der Waals surface area contributed by atoms with Crippen molar-refractivity contribution in [3.05, 3.63) is 30.1 Å². The van der Waals surface area contributed by atoms with Gasteiger partial charge in [-0.15, -0.1) is 0 Å². The second kappa shape index (κ2) is 9.80. The zero-order valence-electron chi connectivity index (χ0n) is 16.2. The Hall–Kier alpha value is -2.52. The molecular formula is C20H27FN4O4.